The Morgan fingerprint density at radius 2 is 1.91 bits per heavy atom. The van der Waals surface area contributed by atoms with Gasteiger partial charge in [0, 0.05) is 50.6 Å². The minimum atomic E-state index is -1.02. The van der Waals surface area contributed by atoms with Crippen LogP contribution in [0.2, 0.25) is 5.02 Å². The van der Waals surface area contributed by atoms with E-state index in [9.17, 15) is 9.59 Å². The van der Waals surface area contributed by atoms with Crippen LogP contribution in [0.25, 0.3) is 0 Å². The first-order chi connectivity index (χ1) is 16.8. The van der Waals surface area contributed by atoms with Crippen molar-refractivity contribution in [3.63, 3.8) is 0 Å². The van der Waals surface area contributed by atoms with Crippen LogP contribution < -0.4 is 10.1 Å². The number of piperidine rings is 1. The highest BCUT2D eigenvalue weighted by molar-refractivity contribution is 7.09. The molecule has 0 radical (unpaired) electrons. The molecule has 0 aliphatic carbocycles. The van der Waals surface area contributed by atoms with Crippen molar-refractivity contribution >= 4 is 34.8 Å². The zero-order chi connectivity index (χ0) is 24.8. The monoisotopic (exact) mass is 520 g/mol. The maximum absolute atomic E-state index is 13.2. The minimum absolute atomic E-state index is 0.0599. The molecule has 0 unspecified atom stereocenters. The number of carbonyl (C=O) groups excluding carboxylic acids is 2. The van der Waals surface area contributed by atoms with Gasteiger partial charge in [0.05, 0.1) is 23.2 Å². The van der Waals surface area contributed by atoms with Gasteiger partial charge in [-0.1, -0.05) is 23.7 Å². The fourth-order valence-electron chi connectivity index (χ4n) is 4.38. The summed E-state index contributed by atoms with van der Waals surface area (Å²) in [6.07, 6.45) is 1.61. The predicted molar refractivity (Wildman–Crippen MR) is 136 cm³/mol. The van der Waals surface area contributed by atoms with Crippen LogP contribution in [0.4, 0.5) is 0 Å². The van der Waals surface area contributed by atoms with E-state index in [0.717, 1.165) is 50.7 Å². The predicted octanol–water partition coefficient (Wildman–Crippen LogP) is 3.42. The van der Waals surface area contributed by atoms with Gasteiger partial charge in [-0.3, -0.25) is 14.5 Å². The molecule has 190 valence electrons. The van der Waals surface area contributed by atoms with Crippen LogP contribution in [0, 0.1) is 0 Å². The molecule has 2 aliphatic heterocycles. The molecule has 4 rings (SSSR count). The molecule has 10 heteroatoms. The quantitative estimate of drug-likeness (QED) is 0.574. The molecule has 3 heterocycles. The zero-order valence-corrected chi connectivity index (χ0v) is 21.9. The van der Waals surface area contributed by atoms with Gasteiger partial charge in [-0.05, 0) is 38.8 Å². The molecule has 35 heavy (non-hydrogen) atoms. The number of benzene rings is 1. The van der Waals surface area contributed by atoms with E-state index in [0.29, 0.717) is 36.1 Å². The van der Waals surface area contributed by atoms with E-state index in [2.05, 4.69) is 15.2 Å². The summed E-state index contributed by atoms with van der Waals surface area (Å²) in [4.78, 5) is 34.4. The summed E-state index contributed by atoms with van der Waals surface area (Å²) in [6.45, 7) is 9.51. The molecule has 1 N–H and O–H groups in total. The van der Waals surface area contributed by atoms with Crippen LogP contribution in [0.5, 0.6) is 5.75 Å². The number of morpholine rings is 1. The number of amides is 2. The van der Waals surface area contributed by atoms with Crippen molar-refractivity contribution in [1.29, 1.82) is 0 Å². The lowest BCUT2D eigenvalue weighted by Gasteiger charge is -2.36. The van der Waals surface area contributed by atoms with E-state index in [4.69, 9.17) is 21.1 Å². The number of rotatable bonds is 8. The Morgan fingerprint density at radius 1 is 1.20 bits per heavy atom. The van der Waals surface area contributed by atoms with Crippen LogP contribution in [0.1, 0.15) is 48.1 Å². The lowest BCUT2D eigenvalue weighted by Crippen LogP contribution is -2.51. The van der Waals surface area contributed by atoms with Gasteiger partial charge in [0.2, 0.25) is 0 Å². The number of likely N-dealkylation sites (tertiary alicyclic amines) is 1. The van der Waals surface area contributed by atoms with Crippen molar-refractivity contribution in [3.05, 3.63) is 45.4 Å². The number of nitrogens with zero attached hydrogens (tertiary/aromatic N) is 3. The molecular weight excluding hydrogens is 488 g/mol. The second kappa shape index (κ2) is 11.7. The topological polar surface area (TPSA) is 84.0 Å². The van der Waals surface area contributed by atoms with Crippen molar-refractivity contribution in [2.24, 2.45) is 0 Å². The van der Waals surface area contributed by atoms with E-state index >= 15 is 0 Å². The number of thiazole rings is 1. The fraction of sp³-hybridized carbons (Fsp3) is 0.560. The minimum Gasteiger partial charge on any atom is -0.476 e. The van der Waals surface area contributed by atoms with Gasteiger partial charge in [0.15, 0.2) is 5.60 Å². The summed E-state index contributed by atoms with van der Waals surface area (Å²) >= 11 is 7.73. The number of para-hydroxylation sites is 1. The molecule has 2 aromatic rings. The Balaban J connectivity index is 1.25. The molecule has 2 amide bonds. The number of hydrogen-bond donors (Lipinski definition) is 1. The van der Waals surface area contributed by atoms with Gasteiger partial charge >= 0.3 is 0 Å². The summed E-state index contributed by atoms with van der Waals surface area (Å²) in [5, 5.41) is 6.25. The van der Waals surface area contributed by atoms with Crippen molar-refractivity contribution in [2.45, 2.75) is 38.2 Å². The maximum atomic E-state index is 13.2. The van der Waals surface area contributed by atoms with E-state index in [1.165, 1.54) is 11.3 Å². The van der Waals surface area contributed by atoms with Gasteiger partial charge < -0.3 is 19.7 Å². The first kappa shape index (κ1) is 25.9. The van der Waals surface area contributed by atoms with Gasteiger partial charge in [-0.15, -0.1) is 11.3 Å². The molecule has 1 aromatic heterocycles. The average Bonchev–Trinajstić information content (AvgIpc) is 3.36. The first-order valence-corrected chi connectivity index (χ1v) is 13.4. The van der Waals surface area contributed by atoms with Gasteiger partial charge in [0.1, 0.15) is 11.4 Å². The second-order valence-electron chi connectivity index (χ2n) is 9.39. The highest BCUT2D eigenvalue weighted by atomic mass is 35.5. The van der Waals surface area contributed by atoms with Crippen LogP contribution in [0.3, 0.4) is 0 Å². The Bertz CT molecular complexity index is 1020. The number of halogens is 1. The van der Waals surface area contributed by atoms with Crippen molar-refractivity contribution in [1.82, 2.24) is 20.1 Å². The zero-order valence-electron chi connectivity index (χ0n) is 20.3. The molecule has 2 saturated heterocycles. The van der Waals surface area contributed by atoms with E-state index < -0.39 is 5.60 Å². The summed E-state index contributed by atoms with van der Waals surface area (Å²) in [5.41, 5.74) is -0.550. The SMILES string of the molecule is CC(C)(Oc1ccccc1Cl)C(=O)N1CCC(c2nc(C(=O)NCCN3CCOCC3)cs2)CC1. The molecule has 8 nitrogen and oxygen atoms in total. The van der Waals surface area contributed by atoms with Gasteiger partial charge in [-0.2, -0.15) is 0 Å². The molecule has 0 atom stereocenters. The largest absolute Gasteiger partial charge is 0.476 e. The fourth-order valence-corrected chi connectivity index (χ4v) is 5.52. The normalized spacial score (nSPS) is 17.9. The van der Waals surface area contributed by atoms with Crippen molar-refractivity contribution in [2.75, 3.05) is 52.5 Å². The number of hydrogen-bond acceptors (Lipinski definition) is 7. The molecule has 0 spiro atoms. The molecule has 0 bridgehead atoms. The summed E-state index contributed by atoms with van der Waals surface area (Å²) < 4.78 is 11.3. The number of ether oxygens (including phenoxy) is 2. The number of carbonyl (C=O) groups is 2. The highest BCUT2D eigenvalue weighted by Crippen LogP contribution is 2.33. The van der Waals surface area contributed by atoms with E-state index in [-0.39, 0.29) is 17.7 Å². The summed E-state index contributed by atoms with van der Waals surface area (Å²) in [5.74, 6) is 0.551. The van der Waals surface area contributed by atoms with E-state index in [1.54, 1.807) is 26.0 Å². The van der Waals surface area contributed by atoms with Crippen LogP contribution in [0.15, 0.2) is 29.6 Å². The van der Waals surface area contributed by atoms with E-state index in [1.807, 2.05) is 22.4 Å². The van der Waals surface area contributed by atoms with Crippen molar-refractivity contribution < 1.29 is 19.1 Å². The Labute approximate surface area is 215 Å². The Hall–Kier alpha value is -2.20. The third kappa shape index (κ3) is 6.73. The molecule has 2 fully saturated rings. The number of nitrogens with one attached hydrogen (secondary N) is 1. The highest BCUT2D eigenvalue weighted by Gasteiger charge is 2.37. The third-order valence-electron chi connectivity index (χ3n) is 6.42. The van der Waals surface area contributed by atoms with Gasteiger partial charge in [-0.25, -0.2) is 4.98 Å². The standard InChI is InChI=1S/C25H33ClN4O4S/c1-25(2,34-21-6-4-3-5-19(21)26)24(32)30-10-7-18(8-11-30)23-28-20(17-35-23)22(31)27-9-12-29-13-15-33-16-14-29/h3-6,17-18H,7-16H2,1-2H3,(H,27,31). The van der Waals surface area contributed by atoms with Gasteiger partial charge in [0.25, 0.3) is 11.8 Å². The van der Waals surface area contributed by atoms with Crippen LogP contribution >= 0.6 is 22.9 Å². The first-order valence-electron chi connectivity index (χ1n) is 12.1. The smallest absolute Gasteiger partial charge is 0.270 e. The Morgan fingerprint density at radius 3 is 2.63 bits per heavy atom. The second-order valence-corrected chi connectivity index (χ2v) is 10.7. The average molecular weight is 521 g/mol. The summed E-state index contributed by atoms with van der Waals surface area (Å²) in [6, 6.07) is 7.17. The molecule has 1 aromatic carbocycles. The summed E-state index contributed by atoms with van der Waals surface area (Å²) in [7, 11) is 0. The number of aromatic nitrogens is 1. The lowest BCUT2D eigenvalue weighted by atomic mass is 9.96. The lowest BCUT2D eigenvalue weighted by molar-refractivity contribution is -0.146. The molecule has 0 saturated carbocycles. The molecular formula is C25H33ClN4O4S. The Kier molecular flexibility index (Phi) is 8.64. The van der Waals surface area contributed by atoms with Crippen molar-refractivity contribution in [3.8, 4) is 5.75 Å². The maximum Gasteiger partial charge on any atom is 0.270 e. The molecule has 2 aliphatic rings. The van der Waals surface area contributed by atoms with Crippen LogP contribution in [-0.4, -0.2) is 84.7 Å². The third-order valence-corrected chi connectivity index (χ3v) is 7.74. The van der Waals surface area contributed by atoms with Crippen LogP contribution in [-0.2, 0) is 9.53 Å².